The molecule has 2 aromatic carbocycles. The number of nitrogens with zero attached hydrogens (tertiary/aromatic N) is 2. The second kappa shape index (κ2) is 9.48. The van der Waals surface area contributed by atoms with Gasteiger partial charge >= 0.3 is 0 Å². The summed E-state index contributed by atoms with van der Waals surface area (Å²) in [5.74, 6) is 0.770. The first-order chi connectivity index (χ1) is 14.6. The standard InChI is InChI=1S/C23H22Cl2N2O2S/c1-2-9-23(15-27-11-10-26-16-27)22(20-8-5-18(25)14-21(20)30-23)29-13-12-28-19-6-3-17(24)4-7-19/h2-8,10-11,14,16,22H,1,9,12-13,15H2/t22-,23+/m0/s1. The van der Waals surface area contributed by atoms with Crippen LogP contribution in [0.3, 0.4) is 0 Å². The molecule has 30 heavy (non-hydrogen) atoms. The van der Waals surface area contributed by atoms with Crippen molar-refractivity contribution in [3.05, 3.63) is 89.4 Å². The van der Waals surface area contributed by atoms with Gasteiger partial charge in [-0.1, -0.05) is 35.3 Å². The van der Waals surface area contributed by atoms with Crippen LogP contribution in [0.25, 0.3) is 0 Å². The Labute approximate surface area is 190 Å². The molecule has 156 valence electrons. The lowest BCUT2D eigenvalue weighted by atomic mass is 9.91. The number of thioether (sulfide) groups is 1. The van der Waals surface area contributed by atoms with E-state index in [1.807, 2.05) is 55.0 Å². The average Bonchev–Trinajstić information content (AvgIpc) is 3.33. The maximum atomic E-state index is 6.44. The lowest BCUT2D eigenvalue weighted by Crippen LogP contribution is -2.36. The summed E-state index contributed by atoms with van der Waals surface area (Å²) in [4.78, 5) is 5.34. The monoisotopic (exact) mass is 460 g/mol. The van der Waals surface area contributed by atoms with Crippen molar-refractivity contribution in [2.45, 2.75) is 28.7 Å². The molecule has 0 amide bonds. The first-order valence-corrected chi connectivity index (χ1v) is 11.2. The fraction of sp³-hybridized carbons (Fsp3) is 0.261. The molecule has 0 aliphatic carbocycles. The number of allylic oxidation sites excluding steroid dienone is 1. The molecule has 1 aliphatic rings. The Balaban J connectivity index is 1.52. The van der Waals surface area contributed by atoms with Gasteiger partial charge in [-0.15, -0.1) is 18.3 Å². The van der Waals surface area contributed by atoms with Gasteiger partial charge in [0.05, 0.1) is 17.7 Å². The van der Waals surface area contributed by atoms with E-state index in [4.69, 9.17) is 32.7 Å². The van der Waals surface area contributed by atoms with Crippen molar-refractivity contribution in [1.29, 1.82) is 0 Å². The molecule has 0 spiro atoms. The van der Waals surface area contributed by atoms with Crippen molar-refractivity contribution >= 4 is 35.0 Å². The smallest absolute Gasteiger partial charge is 0.119 e. The van der Waals surface area contributed by atoms with Crippen molar-refractivity contribution in [3.8, 4) is 5.75 Å². The van der Waals surface area contributed by atoms with E-state index in [9.17, 15) is 0 Å². The molecule has 0 fully saturated rings. The molecule has 0 saturated carbocycles. The van der Waals surface area contributed by atoms with Crippen molar-refractivity contribution in [2.75, 3.05) is 13.2 Å². The zero-order valence-corrected chi connectivity index (χ0v) is 18.7. The number of fused-ring (bicyclic) bond motifs is 1. The third-order valence-electron chi connectivity index (χ3n) is 5.00. The lowest BCUT2D eigenvalue weighted by molar-refractivity contribution is 0.00657. The fourth-order valence-corrected chi connectivity index (χ4v) is 5.73. The summed E-state index contributed by atoms with van der Waals surface area (Å²) in [6.07, 6.45) is 8.22. The minimum absolute atomic E-state index is 0.121. The summed E-state index contributed by atoms with van der Waals surface area (Å²) in [5, 5.41) is 1.41. The second-order valence-electron chi connectivity index (χ2n) is 7.13. The molecule has 3 aromatic rings. The summed E-state index contributed by atoms with van der Waals surface area (Å²) in [6.45, 7) is 5.65. The summed E-state index contributed by atoms with van der Waals surface area (Å²) >= 11 is 14.0. The van der Waals surface area contributed by atoms with Crippen LogP contribution in [0.1, 0.15) is 18.1 Å². The highest BCUT2D eigenvalue weighted by atomic mass is 35.5. The van der Waals surface area contributed by atoms with Crippen LogP contribution in [0.4, 0.5) is 0 Å². The van der Waals surface area contributed by atoms with Crippen molar-refractivity contribution in [1.82, 2.24) is 9.55 Å². The van der Waals surface area contributed by atoms with Crippen LogP contribution >= 0.6 is 35.0 Å². The van der Waals surface area contributed by atoms with Crippen molar-refractivity contribution in [2.24, 2.45) is 0 Å². The van der Waals surface area contributed by atoms with Crippen LogP contribution < -0.4 is 4.74 Å². The van der Waals surface area contributed by atoms with E-state index >= 15 is 0 Å². The van der Waals surface area contributed by atoms with Gasteiger partial charge in [0.2, 0.25) is 0 Å². The number of ether oxygens (including phenoxy) is 2. The Bertz CT molecular complexity index is 995. The molecule has 7 heteroatoms. The first kappa shape index (κ1) is 21.3. The van der Waals surface area contributed by atoms with Gasteiger partial charge in [-0.25, -0.2) is 4.98 Å². The summed E-state index contributed by atoms with van der Waals surface area (Å²) in [5.41, 5.74) is 1.15. The highest BCUT2D eigenvalue weighted by molar-refractivity contribution is 8.01. The zero-order chi connectivity index (χ0) is 21.0. The third kappa shape index (κ3) is 4.70. The van der Waals surface area contributed by atoms with Gasteiger partial charge < -0.3 is 14.0 Å². The highest BCUT2D eigenvalue weighted by Gasteiger charge is 2.47. The molecule has 0 saturated heterocycles. The first-order valence-electron chi connectivity index (χ1n) is 9.65. The van der Waals surface area contributed by atoms with Gasteiger partial charge in [-0.05, 0) is 48.4 Å². The van der Waals surface area contributed by atoms with Crippen LogP contribution in [-0.2, 0) is 11.3 Å². The Morgan fingerprint density at radius 1 is 1.13 bits per heavy atom. The van der Waals surface area contributed by atoms with Gasteiger partial charge in [0.25, 0.3) is 0 Å². The lowest BCUT2D eigenvalue weighted by Gasteiger charge is -2.34. The SMILES string of the molecule is C=CC[C@]1(Cn2ccnc2)Sc2cc(Cl)ccc2[C@@H]1OCCOc1ccc(Cl)cc1. The van der Waals surface area contributed by atoms with Crippen molar-refractivity contribution < 1.29 is 9.47 Å². The average molecular weight is 461 g/mol. The summed E-state index contributed by atoms with van der Waals surface area (Å²) in [6, 6.07) is 13.3. The normalized spacial score (nSPS) is 20.1. The maximum Gasteiger partial charge on any atom is 0.119 e. The summed E-state index contributed by atoms with van der Waals surface area (Å²) < 4.78 is 14.1. The molecular weight excluding hydrogens is 439 g/mol. The number of imidazole rings is 1. The van der Waals surface area contributed by atoms with E-state index in [0.29, 0.717) is 18.2 Å². The molecule has 0 radical (unpaired) electrons. The molecule has 0 unspecified atom stereocenters. The molecule has 1 aromatic heterocycles. The maximum absolute atomic E-state index is 6.44. The minimum Gasteiger partial charge on any atom is -0.491 e. The summed E-state index contributed by atoms with van der Waals surface area (Å²) in [7, 11) is 0. The number of rotatable bonds is 9. The van der Waals surface area contributed by atoms with Crippen LogP contribution in [0.2, 0.25) is 10.0 Å². The number of benzene rings is 2. The molecule has 4 rings (SSSR count). The van der Waals surface area contributed by atoms with Crippen LogP contribution in [0, 0.1) is 0 Å². The number of aromatic nitrogens is 2. The van der Waals surface area contributed by atoms with Crippen LogP contribution in [0.15, 0.2) is 78.7 Å². The Morgan fingerprint density at radius 2 is 1.93 bits per heavy atom. The van der Waals surface area contributed by atoms with E-state index in [1.54, 1.807) is 18.0 Å². The van der Waals surface area contributed by atoms with Gasteiger partial charge in [0.15, 0.2) is 0 Å². The van der Waals surface area contributed by atoms with E-state index in [-0.39, 0.29) is 10.9 Å². The van der Waals surface area contributed by atoms with Crippen molar-refractivity contribution in [3.63, 3.8) is 0 Å². The van der Waals surface area contributed by atoms with Gasteiger partial charge in [0.1, 0.15) is 18.5 Å². The molecule has 1 aliphatic heterocycles. The van der Waals surface area contributed by atoms with E-state index < -0.39 is 0 Å². The number of halogens is 2. The number of hydrogen-bond donors (Lipinski definition) is 0. The topological polar surface area (TPSA) is 36.3 Å². The Hall–Kier alpha value is -1.92. The second-order valence-corrected chi connectivity index (χ2v) is 9.46. The van der Waals surface area contributed by atoms with E-state index in [1.165, 1.54) is 0 Å². The molecule has 2 heterocycles. The molecule has 2 atom stereocenters. The van der Waals surface area contributed by atoms with Gasteiger partial charge in [-0.2, -0.15) is 0 Å². The van der Waals surface area contributed by atoms with Crippen LogP contribution in [-0.4, -0.2) is 27.5 Å². The Morgan fingerprint density at radius 3 is 2.67 bits per heavy atom. The van der Waals surface area contributed by atoms with Gasteiger partial charge in [0, 0.05) is 33.9 Å². The number of hydrogen-bond acceptors (Lipinski definition) is 4. The van der Waals surface area contributed by atoms with Gasteiger partial charge in [-0.3, -0.25) is 0 Å². The fourth-order valence-electron chi connectivity index (χ4n) is 3.73. The van der Waals surface area contributed by atoms with E-state index in [0.717, 1.165) is 34.2 Å². The minimum atomic E-state index is -0.240. The van der Waals surface area contributed by atoms with Crippen LogP contribution in [0.5, 0.6) is 5.75 Å². The molecular formula is C23H22Cl2N2O2S. The Kier molecular flexibility index (Phi) is 6.74. The molecule has 0 bridgehead atoms. The molecule has 0 N–H and O–H groups in total. The predicted molar refractivity (Wildman–Crippen MR) is 123 cm³/mol. The van der Waals surface area contributed by atoms with E-state index in [2.05, 4.69) is 22.2 Å². The zero-order valence-electron chi connectivity index (χ0n) is 16.3. The quantitative estimate of drug-likeness (QED) is 0.271. The largest absolute Gasteiger partial charge is 0.491 e. The molecule has 4 nitrogen and oxygen atoms in total. The predicted octanol–water partition coefficient (Wildman–Crippen LogP) is 6.45. The third-order valence-corrected chi connectivity index (χ3v) is 6.98. The highest BCUT2D eigenvalue weighted by Crippen LogP contribution is 2.57.